The number of carbonyl (C=O) groups excluding carboxylic acids is 2. The molecular weight excluding hydrogens is 457 g/mol. The van der Waals surface area contributed by atoms with Gasteiger partial charge < -0.3 is 5.32 Å². The number of hydrogen-bond acceptors (Lipinski definition) is 6. The summed E-state index contributed by atoms with van der Waals surface area (Å²) in [6.45, 7) is 4.23. The van der Waals surface area contributed by atoms with Crippen molar-refractivity contribution in [2.45, 2.75) is 20.0 Å². The molecular formula is C21H21Cl2N5O2S. The highest BCUT2D eigenvalue weighted by molar-refractivity contribution is 8.14. The Hall–Kier alpha value is -2.10. The molecule has 0 saturated carbocycles. The Kier molecular flexibility index (Phi) is 6.55. The summed E-state index contributed by atoms with van der Waals surface area (Å²) in [4.78, 5) is 32.0. The summed E-state index contributed by atoms with van der Waals surface area (Å²) < 4.78 is 0. The van der Waals surface area contributed by atoms with Crippen molar-refractivity contribution in [3.05, 3.63) is 57.6 Å². The number of halogens is 2. The van der Waals surface area contributed by atoms with Crippen LogP contribution >= 0.6 is 35.0 Å². The van der Waals surface area contributed by atoms with Gasteiger partial charge in [0.2, 0.25) is 11.8 Å². The molecule has 3 N–H and O–H groups in total. The fraction of sp³-hybridized carbons (Fsp3) is 0.286. The third-order valence-electron chi connectivity index (χ3n) is 5.22. The van der Waals surface area contributed by atoms with Gasteiger partial charge in [-0.3, -0.25) is 19.9 Å². The van der Waals surface area contributed by atoms with Gasteiger partial charge in [0.1, 0.15) is 6.17 Å². The zero-order chi connectivity index (χ0) is 22.1. The van der Waals surface area contributed by atoms with Crippen LogP contribution in [0.15, 0.2) is 41.4 Å². The number of thioether (sulfide) groups is 1. The summed E-state index contributed by atoms with van der Waals surface area (Å²) in [5.74, 6) is -0.552. The molecule has 2 heterocycles. The van der Waals surface area contributed by atoms with E-state index < -0.39 is 0 Å². The maximum Gasteiger partial charge on any atom is 0.241 e. The van der Waals surface area contributed by atoms with Gasteiger partial charge >= 0.3 is 0 Å². The maximum absolute atomic E-state index is 13.2. The van der Waals surface area contributed by atoms with Crippen molar-refractivity contribution < 1.29 is 9.59 Å². The smallest absolute Gasteiger partial charge is 0.241 e. The second kappa shape index (κ2) is 9.18. The number of amides is 2. The highest BCUT2D eigenvalue weighted by Crippen LogP contribution is 2.32. The van der Waals surface area contributed by atoms with E-state index in [0.717, 1.165) is 11.1 Å². The Morgan fingerprint density at radius 3 is 2.84 bits per heavy atom. The molecule has 1 fully saturated rings. The Bertz CT molecular complexity index is 1080. The molecule has 2 aromatic carbocycles. The molecule has 0 spiro atoms. The van der Waals surface area contributed by atoms with Gasteiger partial charge in [-0.05, 0) is 49.2 Å². The zero-order valence-corrected chi connectivity index (χ0v) is 19.2. The van der Waals surface area contributed by atoms with Crippen molar-refractivity contribution in [3.63, 3.8) is 0 Å². The number of rotatable bonds is 4. The minimum Gasteiger partial charge on any atom is -0.325 e. The molecule has 2 aliphatic heterocycles. The lowest BCUT2D eigenvalue weighted by Crippen LogP contribution is -2.49. The van der Waals surface area contributed by atoms with Crippen LogP contribution in [0, 0.1) is 19.8 Å². The van der Waals surface area contributed by atoms with Crippen molar-refractivity contribution in [3.8, 4) is 0 Å². The average molecular weight is 478 g/mol. The lowest BCUT2D eigenvalue weighted by molar-refractivity contribution is -0.121. The van der Waals surface area contributed by atoms with Crippen LogP contribution in [-0.4, -0.2) is 35.4 Å². The molecule has 0 radical (unpaired) electrons. The summed E-state index contributed by atoms with van der Waals surface area (Å²) in [5, 5.41) is 4.46. The van der Waals surface area contributed by atoms with E-state index >= 15 is 0 Å². The Labute approximate surface area is 194 Å². The first-order chi connectivity index (χ1) is 14.8. The van der Waals surface area contributed by atoms with E-state index in [-0.39, 0.29) is 29.7 Å². The van der Waals surface area contributed by atoms with Crippen molar-refractivity contribution >= 4 is 63.3 Å². The number of amidine groups is 1. The summed E-state index contributed by atoms with van der Waals surface area (Å²) in [7, 11) is 0. The van der Waals surface area contributed by atoms with E-state index in [4.69, 9.17) is 23.2 Å². The predicted octanol–water partition coefficient (Wildman–Crippen LogP) is 3.73. The van der Waals surface area contributed by atoms with Gasteiger partial charge in [-0.2, -0.15) is 0 Å². The average Bonchev–Trinajstić information content (AvgIpc) is 3.21. The Balaban J connectivity index is 1.55. The van der Waals surface area contributed by atoms with E-state index in [1.807, 2.05) is 26.0 Å². The topological polar surface area (TPSA) is 85.8 Å². The quantitative estimate of drug-likeness (QED) is 0.624. The molecule has 0 aromatic heterocycles. The molecule has 2 aliphatic rings. The molecule has 2 aromatic rings. The van der Waals surface area contributed by atoms with E-state index in [0.29, 0.717) is 33.1 Å². The molecule has 0 aliphatic carbocycles. The van der Waals surface area contributed by atoms with E-state index in [9.17, 15) is 9.59 Å². The minimum atomic E-state index is -0.370. The number of benzene rings is 2. The zero-order valence-electron chi connectivity index (χ0n) is 16.9. The van der Waals surface area contributed by atoms with E-state index in [2.05, 4.69) is 21.2 Å². The number of nitrogens with zero attached hydrogens (tertiary/aromatic N) is 2. The van der Waals surface area contributed by atoms with Crippen LogP contribution in [0.25, 0.3) is 0 Å². The van der Waals surface area contributed by atoms with Crippen LogP contribution in [0.2, 0.25) is 10.0 Å². The predicted molar refractivity (Wildman–Crippen MR) is 127 cm³/mol. The van der Waals surface area contributed by atoms with Crippen LogP contribution < -0.4 is 21.1 Å². The number of aryl methyl sites for hydroxylation is 1. The SMILES string of the molecule is Cc1ccc(N2C(=O)C3CNNC3N=C2SCC(=O)Nc2cccc(Cl)c2C)cc1Cl. The number of hydrogen-bond donors (Lipinski definition) is 3. The van der Waals surface area contributed by atoms with Crippen LogP contribution in [0.1, 0.15) is 11.1 Å². The number of anilines is 2. The Morgan fingerprint density at radius 2 is 2.06 bits per heavy atom. The summed E-state index contributed by atoms with van der Waals surface area (Å²) in [6, 6.07) is 10.8. The molecule has 1 saturated heterocycles. The van der Waals surface area contributed by atoms with Crippen molar-refractivity contribution in [2.75, 3.05) is 22.5 Å². The third kappa shape index (κ3) is 4.58. The fourth-order valence-electron chi connectivity index (χ4n) is 3.39. The van der Waals surface area contributed by atoms with Gasteiger partial charge in [0.25, 0.3) is 0 Å². The van der Waals surface area contributed by atoms with Crippen LogP contribution in [-0.2, 0) is 9.59 Å². The van der Waals surface area contributed by atoms with E-state index in [1.165, 1.54) is 11.8 Å². The lowest BCUT2D eigenvalue weighted by Gasteiger charge is -2.32. The van der Waals surface area contributed by atoms with Gasteiger partial charge in [-0.25, -0.2) is 10.4 Å². The van der Waals surface area contributed by atoms with Crippen LogP contribution in [0.3, 0.4) is 0 Å². The third-order valence-corrected chi connectivity index (χ3v) is 6.99. The standard InChI is InChI=1S/C21H21Cl2N5O2S/c1-11-6-7-13(8-16(11)23)28-20(30)14-9-24-27-19(14)26-21(28)31-10-18(29)25-17-5-3-4-15(22)12(17)2/h3-8,14,19,24,27H,9-10H2,1-2H3,(H,25,29). The number of fused-ring (bicyclic) bond motifs is 1. The van der Waals surface area contributed by atoms with Crippen LogP contribution in [0.5, 0.6) is 0 Å². The van der Waals surface area contributed by atoms with Crippen molar-refractivity contribution in [2.24, 2.45) is 10.9 Å². The summed E-state index contributed by atoms with van der Waals surface area (Å²) >= 11 is 13.6. The molecule has 4 rings (SSSR count). The van der Waals surface area contributed by atoms with Gasteiger partial charge in [0.05, 0.1) is 17.4 Å². The molecule has 2 unspecified atom stereocenters. The normalized spacial score (nSPS) is 20.5. The lowest BCUT2D eigenvalue weighted by atomic mass is 10.0. The first-order valence-corrected chi connectivity index (χ1v) is 11.4. The summed E-state index contributed by atoms with van der Waals surface area (Å²) in [6.07, 6.45) is -0.370. The van der Waals surface area contributed by atoms with Crippen molar-refractivity contribution in [1.29, 1.82) is 0 Å². The second-order valence-electron chi connectivity index (χ2n) is 7.34. The van der Waals surface area contributed by atoms with Gasteiger partial charge in [0.15, 0.2) is 5.17 Å². The van der Waals surface area contributed by atoms with Gasteiger partial charge in [-0.15, -0.1) is 0 Å². The summed E-state index contributed by atoms with van der Waals surface area (Å²) in [5.41, 5.74) is 9.00. The highest BCUT2D eigenvalue weighted by Gasteiger charge is 2.42. The van der Waals surface area contributed by atoms with Crippen LogP contribution in [0.4, 0.5) is 11.4 Å². The second-order valence-corrected chi connectivity index (χ2v) is 9.10. The molecule has 2 amide bonds. The first-order valence-electron chi connectivity index (χ1n) is 9.69. The van der Waals surface area contributed by atoms with Gasteiger partial charge in [-0.1, -0.05) is 47.1 Å². The number of carbonyl (C=O) groups is 2. The highest BCUT2D eigenvalue weighted by atomic mass is 35.5. The molecule has 0 bridgehead atoms. The maximum atomic E-state index is 13.2. The number of aliphatic imine (C=N–C) groups is 1. The van der Waals surface area contributed by atoms with E-state index in [1.54, 1.807) is 29.2 Å². The molecule has 162 valence electrons. The molecule has 31 heavy (non-hydrogen) atoms. The fourth-order valence-corrected chi connectivity index (χ4v) is 4.58. The molecule has 2 atom stereocenters. The largest absolute Gasteiger partial charge is 0.325 e. The number of nitrogens with one attached hydrogen (secondary N) is 3. The monoisotopic (exact) mass is 477 g/mol. The Morgan fingerprint density at radius 1 is 1.26 bits per heavy atom. The number of hydrazine groups is 1. The first kappa shape index (κ1) is 22.1. The van der Waals surface area contributed by atoms with Crippen molar-refractivity contribution in [1.82, 2.24) is 10.9 Å². The molecule has 10 heteroatoms. The van der Waals surface area contributed by atoms with Gasteiger partial charge in [0, 0.05) is 22.3 Å². The minimum absolute atomic E-state index is 0.0823. The molecule has 7 nitrogen and oxygen atoms in total.